The van der Waals surface area contributed by atoms with Gasteiger partial charge in [0.25, 0.3) is 0 Å². The Hall–Kier alpha value is -3.06. The largest absolute Gasteiger partial charge is 0.444 e. The van der Waals surface area contributed by atoms with E-state index in [1.54, 1.807) is 13.8 Å². The summed E-state index contributed by atoms with van der Waals surface area (Å²) in [5.74, 6) is -1.41. The molecular formula is C27H34ClN3O4. The van der Waals surface area contributed by atoms with Crippen LogP contribution in [0.25, 0.3) is 0 Å². The summed E-state index contributed by atoms with van der Waals surface area (Å²) >= 11 is 6.02. The summed E-state index contributed by atoms with van der Waals surface area (Å²) in [6.45, 7) is 9.32. The Bertz CT molecular complexity index is 1060. The molecule has 0 spiro atoms. The monoisotopic (exact) mass is 499 g/mol. The van der Waals surface area contributed by atoms with Crippen LogP contribution in [0, 0.1) is 0 Å². The summed E-state index contributed by atoms with van der Waals surface area (Å²) in [5, 5.41) is 8.05. The van der Waals surface area contributed by atoms with Crippen molar-refractivity contribution in [2.45, 2.75) is 76.6 Å². The maximum atomic E-state index is 12.7. The van der Waals surface area contributed by atoms with Crippen LogP contribution >= 0.6 is 11.6 Å². The summed E-state index contributed by atoms with van der Waals surface area (Å²) in [6.07, 6.45) is 0.277. The molecule has 4 atom stereocenters. The minimum absolute atomic E-state index is 0.0265. The van der Waals surface area contributed by atoms with Crippen molar-refractivity contribution in [3.05, 3.63) is 70.8 Å². The molecule has 7 nitrogen and oxygen atoms in total. The highest BCUT2D eigenvalue weighted by molar-refractivity contribution is 6.35. The van der Waals surface area contributed by atoms with Crippen LogP contribution in [0.2, 0.25) is 0 Å². The average Bonchev–Trinajstić information content (AvgIpc) is 3.15. The Morgan fingerprint density at radius 1 is 1.03 bits per heavy atom. The zero-order valence-electron chi connectivity index (χ0n) is 20.9. The standard InChI is InChI=1S/C27H34ClN3O4/c1-16(28)17(2)30-24(32)25(33)31-23-21-9-7-6-8-20(21)14-22(23)19-12-10-18(11-13-19)15-29-26(34)35-27(3,4)5/h6-13,16-17,22-23H,14-15H2,1-5H3,(H,29,34)(H,30,32)(H,31,33)/t16-,17?,22-,23+/m1/s1. The number of rotatable bonds is 6. The Morgan fingerprint density at radius 2 is 1.69 bits per heavy atom. The van der Waals surface area contributed by atoms with Crippen LogP contribution in [0.4, 0.5) is 4.79 Å². The number of ether oxygens (including phenoxy) is 1. The van der Waals surface area contributed by atoms with Crippen molar-refractivity contribution in [3.8, 4) is 0 Å². The molecule has 0 radical (unpaired) electrons. The van der Waals surface area contributed by atoms with Crippen molar-refractivity contribution in [2.75, 3.05) is 0 Å². The zero-order chi connectivity index (χ0) is 25.8. The van der Waals surface area contributed by atoms with Crippen molar-refractivity contribution < 1.29 is 19.1 Å². The second kappa shape index (κ2) is 11.1. The lowest BCUT2D eigenvalue weighted by molar-refractivity contribution is -0.140. The lowest BCUT2D eigenvalue weighted by Gasteiger charge is -2.23. The van der Waals surface area contributed by atoms with Crippen molar-refractivity contribution in [1.82, 2.24) is 16.0 Å². The number of carbonyl (C=O) groups excluding carboxylic acids is 3. The van der Waals surface area contributed by atoms with Crippen LogP contribution in [0.15, 0.2) is 48.5 Å². The number of hydrogen-bond donors (Lipinski definition) is 3. The second-order valence-electron chi connectivity index (χ2n) is 10.00. The molecule has 2 aromatic carbocycles. The SMILES string of the molecule is CC(NC(=O)C(=O)N[C@H]1c2ccccc2C[C@@H]1c1ccc(CNC(=O)OC(C)(C)C)cc1)[C@@H](C)Cl. The number of alkyl carbamates (subject to hydrolysis) is 1. The lowest BCUT2D eigenvalue weighted by Crippen LogP contribution is -2.47. The van der Waals surface area contributed by atoms with Gasteiger partial charge in [-0.15, -0.1) is 11.6 Å². The molecule has 0 aliphatic heterocycles. The molecule has 3 N–H and O–H groups in total. The van der Waals surface area contributed by atoms with E-state index in [1.807, 2.05) is 69.3 Å². The zero-order valence-corrected chi connectivity index (χ0v) is 21.6. The average molecular weight is 500 g/mol. The highest BCUT2D eigenvalue weighted by Gasteiger charge is 2.35. The predicted octanol–water partition coefficient (Wildman–Crippen LogP) is 4.34. The van der Waals surface area contributed by atoms with Gasteiger partial charge in [0.2, 0.25) is 0 Å². The van der Waals surface area contributed by atoms with Crippen LogP contribution < -0.4 is 16.0 Å². The first-order valence-corrected chi connectivity index (χ1v) is 12.3. The minimum Gasteiger partial charge on any atom is -0.444 e. The fraction of sp³-hybridized carbons (Fsp3) is 0.444. The van der Waals surface area contributed by atoms with Gasteiger partial charge in [-0.1, -0.05) is 48.5 Å². The molecule has 2 aromatic rings. The van der Waals surface area contributed by atoms with E-state index in [0.29, 0.717) is 6.54 Å². The Morgan fingerprint density at radius 3 is 2.31 bits per heavy atom. The van der Waals surface area contributed by atoms with Crippen LogP contribution in [0.1, 0.15) is 68.8 Å². The predicted molar refractivity (Wildman–Crippen MR) is 136 cm³/mol. The number of alkyl halides is 1. The van der Waals surface area contributed by atoms with Gasteiger partial charge in [0.05, 0.1) is 11.4 Å². The van der Waals surface area contributed by atoms with Crippen LogP contribution in [0.5, 0.6) is 0 Å². The topological polar surface area (TPSA) is 96.5 Å². The quantitative estimate of drug-likeness (QED) is 0.407. The summed E-state index contributed by atoms with van der Waals surface area (Å²) in [4.78, 5) is 37.1. The fourth-order valence-electron chi connectivity index (χ4n) is 4.05. The number of amides is 3. The van der Waals surface area contributed by atoms with E-state index in [-0.39, 0.29) is 23.4 Å². The first kappa shape index (κ1) is 26.5. The summed E-state index contributed by atoms with van der Waals surface area (Å²) < 4.78 is 5.28. The number of hydrogen-bond acceptors (Lipinski definition) is 4. The van der Waals surface area contributed by atoms with Crippen molar-refractivity contribution in [3.63, 3.8) is 0 Å². The summed E-state index contributed by atoms with van der Waals surface area (Å²) in [6, 6.07) is 15.2. The Kier molecular flexibility index (Phi) is 8.43. The van der Waals surface area contributed by atoms with E-state index >= 15 is 0 Å². The van der Waals surface area contributed by atoms with Gasteiger partial charge in [-0.25, -0.2) is 4.79 Å². The molecule has 1 unspecified atom stereocenters. The number of carbonyl (C=O) groups is 3. The third-order valence-corrected chi connectivity index (χ3v) is 6.39. The smallest absolute Gasteiger partial charge is 0.407 e. The molecule has 0 saturated heterocycles. The lowest BCUT2D eigenvalue weighted by atomic mass is 9.91. The van der Waals surface area contributed by atoms with E-state index < -0.39 is 23.5 Å². The number of nitrogens with one attached hydrogen (secondary N) is 3. The molecule has 8 heteroatoms. The maximum Gasteiger partial charge on any atom is 0.407 e. The minimum atomic E-state index is -0.698. The van der Waals surface area contributed by atoms with Crippen LogP contribution in [0.3, 0.4) is 0 Å². The maximum absolute atomic E-state index is 12.7. The van der Waals surface area contributed by atoms with E-state index in [4.69, 9.17) is 16.3 Å². The molecule has 3 amide bonds. The van der Waals surface area contributed by atoms with E-state index in [2.05, 4.69) is 16.0 Å². The second-order valence-corrected chi connectivity index (χ2v) is 10.7. The molecule has 1 aliphatic rings. The van der Waals surface area contributed by atoms with E-state index in [1.165, 1.54) is 0 Å². The van der Waals surface area contributed by atoms with Crippen molar-refractivity contribution in [1.29, 1.82) is 0 Å². The number of benzene rings is 2. The number of halogens is 1. The normalized spacial score (nSPS) is 18.7. The van der Waals surface area contributed by atoms with Gasteiger partial charge in [-0.2, -0.15) is 0 Å². The van der Waals surface area contributed by atoms with Gasteiger partial charge in [0, 0.05) is 18.5 Å². The van der Waals surface area contributed by atoms with Gasteiger partial charge in [0.15, 0.2) is 0 Å². The molecule has 0 aromatic heterocycles. The van der Waals surface area contributed by atoms with Gasteiger partial charge < -0.3 is 20.7 Å². The summed E-state index contributed by atoms with van der Waals surface area (Å²) in [7, 11) is 0. The van der Waals surface area contributed by atoms with Gasteiger partial charge in [-0.05, 0) is 63.3 Å². The van der Waals surface area contributed by atoms with Crippen molar-refractivity contribution >= 4 is 29.5 Å². The van der Waals surface area contributed by atoms with Gasteiger partial charge in [-0.3, -0.25) is 9.59 Å². The summed E-state index contributed by atoms with van der Waals surface area (Å²) in [5.41, 5.74) is 3.56. The third-order valence-electron chi connectivity index (χ3n) is 6.02. The van der Waals surface area contributed by atoms with E-state index in [0.717, 1.165) is 28.7 Å². The molecular weight excluding hydrogens is 466 g/mol. The van der Waals surface area contributed by atoms with Gasteiger partial charge >= 0.3 is 17.9 Å². The molecule has 35 heavy (non-hydrogen) atoms. The Balaban J connectivity index is 1.71. The first-order valence-electron chi connectivity index (χ1n) is 11.8. The Labute approximate surface area is 212 Å². The van der Waals surface area contributed by atoms with Crippen LogP contribution in [-0.4, -0.2) is 34.9 Å². The van der Waals surface area contributed by atoms with Crippen molar-refractivity contribution in [2.24, 2.45) is 0 Å². The molecule has 0 fully saturated rings. The number of fused-ring (bicyclic) bond motifs is 1. The molecule has 0 bridgehead atoms. The fourth-order valence-corrected chi connectivity index (χ4v) is 4.11. The third kappa shape index (κ3) is 7.21. The molecule has 188 valence electrons. The molecule has 3 rings (SSSR count). The van der Waals surface area contributed by atoms with Gasteiger partial charge in [0.1, 0.15) is 5.60 Å². The van der Waals surface area contributed by atoms with E-state index in [9.17, 15) is 14.4 Å². The highest BCUT2D eigenvalue weighted by atomic mass is 35.5. The highest BCUT2D eigenvalue weighted by Crippen LogP contribution is 2.42. The van der Waals surface area contributed by atoms with Crippen LogP contribution in [-0.2, 0) is 27.3 Å². The molecule has 1 aliphatic carbocycles. The molecule has 0 saturated carbocycles. The first-order chi connectivity index (χ1) is 16.4. The molecule has 0 heterocycles.